The Hall–Kier alpha value is 2.74. The molecule has 0 aromatic heterocycles. The van der Waals surface area contributed by atoms with E-state index in [9.17, 15) is 0 Å². The van der Waals surface area contributed by atoms with E-state index in [1.54, 1.807) is 0 Å². The molecule has 0 aromatic carbocycles. The van der Waals surface area contributed by atoms with Crippen LogP contribution in [0.25, 0.3) is 0 Å². The van der Waals surface area contributed by atoms with Gasteiger partial charge in [0, 0.05) is 0 Å². The molecule has 0 heterocycles. The van der Waals surface area contributed by atoms with Crippen molar-refractivity contribution >= 4 is 6.47 Å². The third kappa shape index (κ3) is 20.2. The number of hydrogen-bond donors (Lipinski definition) is 1. The number of carbonyl (C=O) groups is 1. The third-order valence-corrected chi connectivity index (χ3v) is 0. The van der Waals surface area contributed by atoms with Crippen molar-refractivity contribution in [2.24, 2.45) is 0 Å². The molecule has 0 bridgehead atoms. The molecule has 0 spiro atoms. The van der Waals surface area contributed by atoms with E-state index in [1.807, 2.05) is 0 Å². The molecule has 0 aliphatic heterocycles. The van der Waals surface area contributed by atoms with E-state index >= 15 is 0 Å². The molecule has 1 N–H and O–H groups in total. The average Bonchev–Trinajstić information content (AvgIpc) is 0.918. The van der Waals surface area contributed by atoms with Gasteiger partial charge in [0.15, 0.2) is 0 Å². The summed E-state index contributed by atoms with van der Waals surface area (Å²) in [5.74, 6) is 0. The van der Waals surface area contributed by atoms with Crippen LogP contribution in [0.15, 0.2) is 0 Å². The molecular formula is CH4K2O2. The molecule has 0 unspecified atom stereocenters. The van der Waals surface area contributed by atoms with Crippen LogP contribution in [0.4, 0.5) is 0 Å². The van der Waals surface area contributed by atoms with Crippen molar-refractivity contribution in [1.82, 2.24) is 0 Å². The minimum atomic E-state index is -0.250. The van der Waals surface area contributed by atoms with Gasteiger partial charge in [-0.05, 0) is 0 Å². The molecule has 0 saturated heterocycles. The monoisotopic (exact) mass is 126 g/mol. The molecule has 0 fully saturated rings. The fourth-order valence-electron chi connectivity index (χ4n) is 0. The molecule has 0 atom stereocenters. The van der Waals surface area contributed by atoms with Crippen LogP contribution in [-0.4, -0.2) is 11.6 Å². The van der Waals surface area contributed by atoms with Crippen LogP contribution in [0, 0.1) is 0 Å². The van der Waals surface area contributed by atoms with Crippen molar-refractivity contribution < 1.29 is 116 Å². The van der Waals surface area contributed by atoms with Crippen LogP contribution in [0.5, 0.6) is 0 Å². The Morgan fingerprint density at radius 1 is 1.60 bits per heavy atom. The van der Waals surface area contributed by atoms with Gasteiger partial charge in [-0.25, -0.2) is 0 Å². The Balaban J connectivity index is -0.00000000333. The van der Waals surface area contributed by atoms with Gasteiger partial charge in [-0.1, -0.05) is 0 Å². The van der Waals surface area contributed by atoms with Crippen LogP contribution in [0.2, 0.25) is 0 Å². The Bertz CT molecular complexity index is 21.2. The first kappa shape index (κ1) is 15.6. The van der Waals surface area contributed by atoms with E-state index in [2.05, 4.69) is 0 Å². The van der Waals surface area contributed by atoms with E-state index in [0.717, 1.165) is 0 Å². The Morgan fingerprint density at radius 2 is 1.60 bits per heavy atom. The van der Waals surface area contributed by atoms with Crippen molar-refractivity contribution in [2.75, 3.05) is 0 Å². The smallest absolute Gasteiger partial charge is 1.00 e. The molecule has 0 rings (SSSR count). The van der Waals surface area contributed by atoms with Crippen LogP contribution in [-0.2, 0) is 4.79 Å². The van der Waals surface area contributed by atoms with Gasteiger partial charge < -0.3 is 7.96 Å². The number of rotatable bonds is 0. The van der Waals surface area contributed by atoms with Gasteiger partial charge in [-0.2, -0.15) is 0 Å². The second-order valence-electron chi connectivity index (χ2n) is 0.105. The molecule has 0 radical (unpaired) electrons. The van der Waals surface area contributed by atoms with Crippen molar-refractivity contribution in [1.29, 1.82) is 0 Å². The molecule has 2 nitrogen and oxygen atoms in total. The van der Waals surface area contributed by atoms with Gasteiger partial charge in [0.1, 0.15) is 0 Å². The fraction of sp³-hybridized carbons (Fsp3) is 0. The van der Waals surface area contributed by atoms with Crippen molar-refractivity contribution in [3.8, 4) is 0 Å². The zero-order valence-corrected chi connectivity index (χ0v) is 9.68. The summed E-state index contributed by atoms with van der Waals surface area (Å²) in [6, 6.07) is 0. The second-order valence-corrected chi connectivity index (χ2v) is 0.105. The van der Waals surface area contributed by atoms with E-state index in [4.69, 9.17) is 9.90 Å². The summed E-state index contributed by atoms with van der Waals surface area (Å²) in [4.78, 5) is 8.36. The van der Waals surface area contributed by atoms with E-state index in [-0.39, 0.29) is 112 Å². The number of carboxylic acid groups (broad SMARTS) is 1. The Kier molecular flexibility index (Phi) is 49.7. The standard InChI is InChI=1S/CH2O2.2K.2H/c2-1-3;;;;/h1H,(H,2,3);;;;/q;2*+1;2*-1. The summed E-state index contributed by atoms with van der Waals surface area (Å²) in [6.45, 7) is -0.250. The minimum absolute atomic E-state index is 0. The summed E-state index contributed by atoms with van der Waals surface area (Å²) < 4.78 is 0. The summed E-state index contributed by atoms with van der Waals surface area (Å²) in [5.41, 5.74) is 0. The van der Waals surface area contributed by atoms with Crippen LogP contribution in [0.3, 0.4) is 0 Å². The summed E-state index contributed by atoms with van der Waals surface area (Å²) in [6.07, 6.45) is 0. The molecule has 0 aromatic rings. The first-order valence-corrected chi connectivity index (χ1v) is 0.494. The summed E-state index contributed by atoms with van der Waals surface area (Å²) in [7, 11) is 0. The summed E-state index contributed by atoms with van der Waals surface area (Å²) in [5, 5.41) is 6.89. The summed E-state index contributed by atoms with van der Waals surface area (Å²) >= 11 is 0. The quantitative estimate of drug-likeness (QED) is 0.259. The molecular weight excluding hydrogens is 122 g/mol. The maximum Gasteiger partial charge on any atom is 1.00 e. The van der Waals surface area contributed by atoms with Gasteiger partial charge in [-0.3, -0.25) is 4.79 Å². The SMILES string of the molecule is O=CO.[H-].[H-].[K+].[K+]. The zero-order chi connectivity index (χ0) is 2.71. The average molecular weight is 126 g/mol. The van der Waals surface area contributed by atoms with Gasteiger partial charge in [0.05, 0.1) is 0 Å². The maximum absolute atomic E-state index is 8.36. The molecule has 0 aliphatic rings. The first-order valence-electron chi connectivity index (χ1n) is 0.494. The molecule has 0 aliphatic carbocycles. The number of hydrogen-bond acceptors (Lipinski definition) is 1. The van der Waals surface area contributed by atoms with Gasteiger partial charge in [0.25, 0.3) is 6.47 Å². The van der Waals surface area contributed by atoms with Gasteiger partial charge in [0.2, 0.25) is 0 Å². The van der Waals surface area contributed by atoms with Gasteiger partial charge in [-0.15, -0.1) is 0 Å². The van der Waals surface area contributed by atoms with E-state index in [0.29, 0.717) is 0 Å². The largest absolute Gasteiger partial charge is 1.00 e. The van der Waals surface area contributed by atoms with Crippen LogP contribution in [0.1, 0.15) is 2.85 Å². The predicted molar refractivity (Wildman–Crippen MR) is 10.9 cm³/mol. The van der Waals surface area contributed by atoms with Crippen LogP contribution < -0.4 is 103 Å². The van der Waals surface area contributed by atoms with Crippen molar-refractivity contribution in [2.45, 2.75) is 0 Å². The topological polar surface area (TPSA) is 37.3 Å². The molecule has 4 heteroatoms. The van der Waals surface area contributed by atoms with Crippen LogP contribution >= 0.6 is 0 Å². The minimum Gasteiger partial charge on any atom is -1.00 e. The first-order chi connectivity index (χ1) is 1.41. The van der Waals surface area contributed by atoms with E-state index < -0.39 is 0 Å². The maximum atomic E-state index is 8.36. The third-order valence-electron chi connectivity index (χ3n) is 0. The fourth-order valence-corrected chi connectivity index (χ4v) is 0. The second kappa shape index (κ2) is 15.9. The Labute approximate surface area is 119 Å². The van der Waals surface area contributed by atoms with Crippen molar-refractivity contribution in [3.63, 3.8) is 0 Å². The van der Waals surface area contributed by atoms with E-state index in [1.165, 1.54) is 0 Å². The molecule has 0 amide bonds. The predicted octanol–water partition coefficient (Wildman–Crippen LogP) is -6.07. The molecule has 5 heavy (non-hydrogen) atoms. The normalized spacial score (nSPS) is 2.40. The molecule has 0 saturated carbocycles. The molecule has 22 valence electrons. The van der Waals surface area contributed by atoms with Crippen molar-refractivity contribution in [3.05, 3.63) is 0 Å². The Morgan fingerprint density at radius 3 is 1.60 bits per heavy atom. The zero-order valence-electron chi connectivity index (χ0n) is 5.43. The van der Waals surface area contributed by atoms with Gasteiger partial charge >= 0.3 is 103 Å².